The predicted octanol–water partition coefficient (Wildman–Crippen LogP) is 4.97. The molecule has 5 rings (SSSR count). The van der Waals surface area contributed by atoms with Crippen molar-refractivity contribution < 1.29 is 27.5 Å². The summed E-state index contributed by atoms with van der Waals surface area (Å²) >= 11 is 9.60. The molecule has 5 nitrogen and oxygen atoms in total. The van der Waals surface area contributed by atoms with Crippen molar-refractivity contribution in [3.63, 3.8) is 0 Å². The lowest BCUT2D eigenvalue weighted by atomic mass is 9.49. The van der Waals surface area contributed by atoms with Gasteiger partial charge in [-0.25, -0.2) is 4.98 Å². The summed E-state index contributed by atoms with van der Waals surface area (Å²) in [7, 11) is 0. The molecule has 4 aliphatic rings. The van der Waals surface area contributed by atoms with Gasteiger partial charge in [0, 0.05) is 10.5 Å². The van der Waals surface area contributed by atoms with E-state index >= 15 is 0 Å². The largest absolute Gasteiger partial charge is 0.455 e. The molecule has 2 unspecified atom stereocenters. The number of pyridine rings is 1. The summed E-state index contributed by atoms with van der Waals surface area (Å²) in [5, 5.41) is 1.94. The fourth-order valence-electron chi connectivity index (χ4n) is 5.53. The van der Waals surface area contributed by atoms with Gasteiger partial charge < -0.3 is 10.1 Å². The zero-order chi connectivity index (χ0) is 21.0. The van der Waals surface area contributed by atoms with Gasteiger partial charge in [-0.15, -0.1) is 0 Å². The van der Waals surface area contributed by atoms with E-state index < -0.39 is 29.7 Å². The van der Waals surface area contributed by atoms with Gasteiger partial charge in [-0.1, -0.05) is 27.5 Å². The minimum absolute atomic E-state index is 0.0178. The molecule has 0 saturated heterocycles. The van der Waals surface area contributed by atoms with Crippen molar-refractivity contribution in [2.75, 3.05) is 11.9 Å². The zero-order valence-electron chi connectivity index (χ0n) is 15.3. The number of hydrogen-bond acceptors (Lipinski definition) is 4. The van der Waals surface area contributed by atoms with Gasteiger partial charge in [0.2, 0.25) is 0 Å². The molecule has 0 aliphatic heterocycles. The van der Waals surface area contributed by atoms with Gasteiger partial charge in [0.25, 0.3) is 5.91 Å². The number of halogens is 5. The molecular weight excluding hydrogens is 477 g/mol. The molecule has 0 aromatic carbocycles. The van der Waals surface area contributed by atoms with Crippen molar-refractivity contribution in [2.45, 2.75) is 49.0 Å². The van der Waals surface area contributed by atoms with E-state index in [9.17, 15) is 22.8 Å². The van der Waals surface area contributed by atoms with Crippen LogP contribution in [-0.4, -0.2) is 27.8 Å². The maximum atomic E-state index is 12.8. The number of ether oxygens (including phenoxy) is 1. The first-order chi connectivity index (χ1) is 13.5. The minimum Gasteiger partial charge on any atom is -0.455 e. The SMILES string of the molecule is O=C(COC(=O)C12C[C@@H]3C[C@@H](CC(Br)(C3)C1)C2)Nc1ncc(C(F)(F)F)cc1Cl. The molecule has 4 saturated carbocycles. The number of rotatable bonds is 4. The van der Waals surface area contributed by atoms with E-state index in [2.05, 4.69) is 26.2 Å². The third-order valence-corrected chi connectivity index (χ3v) is 7.40. The van der Waals surface area contributed by atoms with E-state index in [4.69, 9.17) is 16.3 Å². The van der Waals surface area contributed by atoms with Crippen molar-refractivity contribution >= 4 is 45.2 Å². The van der Waals surface area contributed by atoms with Crippen LogP contribution in [0.2, 0.25) is 5.02 Å². The molecule has 1 N–H and O–H groups in total. The van der Waals surface area contributed by atoms with Gasteiger partial charge in [-0.3, -0.25) is 9.59 Å². The second-order valence-corrected chi connectivity index (χ2v) is 10.7. The Hall–Kier alpha value is -1.35. The number of carbonyl (C=O) groups is 2. The predicted molar refractivity (Wildman–Crippen MR) is 103 cm³/mol. The third kappa shape index (κ3) is 4.13. The number of esters is 1. The quantitative estimate of drug-likeness (QED) is 0.473. The molecule has 1 aromatic rings. The normalized spacial score (nSPS) is 32.9. The lowest BCUT2D eigenvalue weighted by Crippen LogP contribution is -2.56. The zero-order valence-corrected chi connectivity index (χ0v) is 17.7. The van der Waals surface area contributed by atoms with Crippen LogP contribution in [0.1, 0.15) is 44.1 Å². The Bertz CT molecular complexity index is 850. The molecule has 29 heavy (non-hydrogen) atoms. The monoisotopic (exact) mass is 494 g/mol. The average Bonchev–Trinajstić information content (AvgIpc) is 2.58. The molecule has 4 atom stereocenters. The Labute approximate surface area is 178 Å². The first-order valence-corrected chi connectivity index (χ1v) is 10.5. The summed E-state index contributed by atoms with van der Waals surface area (Å²) in [6.07, 6.45) is 1.54. The number of amides is 1. The summed E-state index contributed by atoms with van der Waals surface area (Å²) in [5.41, 5.74) is -1.57. The number of carbonyl (C=O) groups excluding carboxylic acids is 2. The van der Waals surface area contributed by atoms with Crippen LogP contribution in [-0.2, 0) is 20.5 Å². The lowest BCUT2D eigenvalue weighted by molar-refractivity contribution is -0.170. The molecule has 4 aliphatic carbocycles. The van der Waals surface area contributed by atoms with Crippen molar-refractivity contribution in [1.82, 2.24) is 4.98 Å². The highest BCUT2D eigenvalue weighted by Crippen LogP contribution is 2.64. The van der Waals surface area contributed by atoms with Gasteiger partial charge in [0.05, 0.1) is 16.0 Å². The summed E-state index contributed by atoms with van der Waals surface area (Å²) in [6, 6.07) is 0.682. The van der Waals surface area contributed by atoms with Crippen LogP contribution in [0.25, 0.3) is 0 Å². The average molecular weight is 496 g/mol. The maximum Gasteiger partial charge on any atom is 0.417 e. The standard InChI is InChI=1S/C19H19BrClF3N2O3/c20-18-5-10-1-11(6-18)4-17(3-10,9-18)16(28)29-8-14(27)26-15-13(21)2-12(7-25-15)19(22,23)24/h2,7,10-11H,1,3-6,8-9H2,(H,25,26,27)/t10-,11+,17?,18?. The van der Waals surface area contributed by atoms with Crippen LogP contribution in [0, 0.1) is 17.3 Å². The van der Waals surface area contributed by atoms with E-state index in [1.807, 2.05) is 0 Å². The number of anilines is 1. The van der Waals surface area contributed by atoms with E-state index in [0.29, 0.717) is 30.5 Å². The molecule has 1 amide bonds. The van der Waals surface area contributed by atoms with Crippen LogP contribution in [0.3, 0.4) is 0 Å². The summed E-state index contributed by atoms with van der Waals surface area (Å²) in [6.45, 7) is -0.537. The molecule has 4 fully saturated rings. The molecule has 158 valence electrons. The van der Waals surface area contributed by atoms with Crippen LogP contribution >= 0.6 is 27.5 Å². The van der Waals surface area contributed by atoms with Gasteiger partial charge in [0.15, 0.2) is 12.4 Å². The van der Waals surface area contributed by atoms with Crippen LogP contribution < -0.4 is 5.32 Å². The Morgan fingerprint density at radius 1 is 1.28 bits per heavy atom. The van der Waals surface area contributed by atoms with E-state index in [1.54, 1.807) is 0 Å². The van der Waals surface area contributed by atoms with Crippen molar-refractivity contribution in [3.8, 4) is 0 Å². The summed E-state index contributed by atoms with van der Waals surface area (Å²) < 4.78 is 43.3. The Balaban J connectivity index is 1.36. The topological polar surface area (TPSA) is 68.3 Å². The van der Waals surface area contributed by atoms with Crippen molar-refractivity contribution in [2.24, 2.45) is 17.3 Å². The second-order valence-electron chi connectivity index (χ2n) is 8.57. The Morgan fingerprint density at radius 2 is 1.93 bits per heavy atom. The molecule has 10 heteroatoms. The van der Waals surface area contributed by atoms with Gasteiger partial charge in [0.1, 0.15) is 0 Å². The third-order valence-electron chi connectivity index (χ3n) is 6.18. The van der Waals surface area contributed by atoms with Gasteiger partial charge in [-0.05, 0) is 56.4 Å². The number of aromatic nitrogens is 1. The fraction of sp³-hybridized carbons (Fsp3) is 0.632. The van der Waals surface area contributed by atoms with Crippen LogP contribution in [0.15, 0.2) is 12.3 Å². The highest BCUT2D eigenvalue weighted by atomic mass is 79.9. The van der Waals surface area contributed by atoms with E-state index in [1.165, 1.54) is 0 Å². The van der Waals surface area contributed by atoms with Crippen LogP contribution in [0.5, 0.6) is 0 Å². The highest BCUT2D eigenvalue weighted by molar-refractivity contribution is 9.10. The summed E-state index contributed by atoms with van der Waals surface area (Å²) in [4.78, 5) is 28.5. The second kappa shape index (κ2) is 7.11. The fourth-order valence-corrected chi connectivity index (χ4v) is 7.19. The van der Waals surface area contributed by atoms with Crippen molar-refractivity contribution in [3.05, 3.63) is 22.8 Å². The first kappa shape index (κ1) is 20.9. The van der Waals surface area contributed by atoms with Gasteiger partial charge >= 0.3 is 12.1 Å². The number of nitrogens with one attached hydrogen (secondary N) is 1. The number of alkyl halides is 4. The van der Waals surface area contributed by atoms with Crippen LogP contribution in [0.4, 0.5) is 19.0 Å². The summed E-state index contributed by atoms with van der Waals surface area (Å²) in [5.74, 6) is -0.308. The number of hydrogen-bond donors (Lipinski definition) is 1. The Kier molecular flexibility index (Phi) is 5.13. The van der Waals surface area contributed by atoms with E-state index in [0.717, 1.165) is 32.1 Å². The minimum atomic E-state index is -4.58. The Morgan fingerprint density at radius 3 is 2.48 bits per heavy atom. The molecular formula is C19H19BrClF3N2O3. The molecule has 4 bridgehead atoms. The first-order valence-electron chi connectivity index (χ1n) is 9.37. The highest BCUT2D eigenvalue weighted by Gasteiger charge is 2.60. The van der Waals surface area contributed by atoms with E-state index in [-0.39, 0.29) is 21.1 Å². The number of nitrogens with zero attached hydrogens (tertiary/aromatic N) is 1. The maximum absolute atomic E-state index is 12.8. The van der Waals surface area contributed by atoms with Gasteiger partial charge in [-0.2, -0.15) is 13.2 Å². The lowest BCUT2D eigenvalue weighted by Gasteiger charge is -2.58. The molecule has 1 aromatic heterocycles. The molecule has 0 radical (unpaired) electrons. The molecule has 1 heterocycles. The van der Waals surface area contributed by atoms with Crippen molar-refractivity contribution in [1.29, 1.82) is 0 Å². The molecule has 0 spiro atoms. The smallest absolute Gasteiger partial charge is 0.417 e.